The van der Waals surface area contributed by atoms with E-state index in [-0.39, 0.29) is 5.69 Å². The van der Waals surface area contributed by atoms with Gasteiger partial charge in [0.05, 0.1) is 12.0 Å². The third kappa shape index (κ3) is 2.94. The Labute approximate surface area is 138 Å². The van der Waals surface area contributed by atoms with E-state index in [2.05, 4.69) is 5.32 Å². The molecule has 1 aliphatic rings. The summed E-state index contributed by atoms with van der Waals surface area (Å²) in [4.78, 5) is 34.5. The zero-order valence-corrected chi connectivity index (χ0v) is 13.5. The zero-order chi connectivity index (χ0) is 18.1. The summed E-state index contributed by atoms with van der Waals surface area (Å²) in [6, 6.07) is 5.76. The molecule has 8 heteroatoms. The van der Waals surface area contributed by atoms with E-state index in [4.69, 9.17) is 4.74 Å². The lowest BCUT2D eigenvalue weighted by Crippen LogP contribution is -2.60. The Balaban J connectivity index is 2.60. The number of rotatable bonds is 4. The molecule has 24 heavy (non-hydrogen) atoms. The second-order valence-corrected chi connectivity index (χ2v) is 5.86. The van der Waals surface area contributed by atoms with Crippen LogP contribution in [0.25, 0.3) is 0 Å². The number of ether oxygens (including phenoxy) is 1. The minimum atomic E-state index is -1.49. The van der Waals surface area contributed by atoms with Crippen molar-refractivity contribution in [1.82, 2.24) is 5.32 Å². The number of carbonyl (C=O) groups excluding carboxylic acids is 1. The van der Waals surface area contributed by atoms with Crippen LogP contribution in [-0.4, -0.2) is 34.6 Å². The molecule has 1 heterocycles. The normalized spacial score (nSPS) is 26.0. The molecule has 0 aromatic heterocycles. The van der Waals surface area contributed by atoms with Gasteiger partial charge in [-0.3, -0.25) is 14.9 Å². The number of hydrogen-bond acceptors (Lipinski definition) is 6. The molecule has 2 rings (SSSR count). The van der Waals surface area contributed by atoms with Gasteiger partial charge in [0.1, 0.15) is 11.5 Å². The van der Waals surface area contributed by atoms with Gasteiger partial charge in [-0.1, -0.05) is 18.2 Å². The predicted molar refractivity (Wildman–Crippen MR) is 84.3 cm³/mol. The molecule has 0 aliphatic carbocycles. The van der Waals surface area contributed by atoms with Crippen LogP contribution >= 0.6 is 0 Å². The first-order chi connectivity index (χ1) is 11.2. The molecule has 3 atom stereocenters. The van der Waals surface area contributed by atoms with Gasteiger partial charge in [0.15, 0.2) is 0 Å². The van der Waals surface area contributed by atoms with Crippen molar-refractivity contribution in [2.75, 3.05) is 7.11 Å². The van der Waals surface area contributed by atoms with Gasteiger partial charge in [0, 0.05) is 23.7 Å². The molecule has 3 unspecified atom stereocenters. The van der Waals surface area contributed by atoms with Crippen LogP contribution in [0.15, 0.2) is 36.0 Å². The maximum atomic E-state index is 12.2. The molecule has 0 saturated heterocycles. The Morgan fingerprint density at radius 3 is 2.62 bits per heavy atom. The SMILES string of the molecule is COC(=O)C1(C)NC(C)=CC(c2cccc([N+](=O)[O-])c2)C1C(=O)O. The molecule has 0 bridgehead atoms. The van der Waals surface area contributed by atoms with Crippen molar-refractivity contribution in [2.24, 2.45) is 5.92 Å². The molecular formula is C16H18N2O6. The van der Waals surface area contributed by atoms with Crippen molar-refractivity contribution in [2.45, 2.75) is 25.3 Å². The van der Waals surface area contributed by atoms with Gasteiger partial charge < -0.3 is 15.2 Å². The summed E-state index contributed by atoms with van der Waals surface area (Å²) in [7, 11) is 1.18. The first-order valence-electron chi connectivity index (χ1n) is 7.23. The number of carboxylic acid groups (broad SMARTS) is 1. The number of non-ortho nitro benzene ring substituents is 1. The predicted octanol–water partition coefficient (Wildman–Crippen LogP) is 1.82. The highest BCUT2D eigenvalue weighted by Gasteiger charge is 2.52. The number of benzene rings is 1. The van der Waals surface area contributed by atoms with Gasteiger partial charge in [-0.2, -0.15) is 0 Å². The van der Waals surface area contributed by atoms with E-state index in [1.54, 1.807) is 19.1 Å². The molecule has 2 N–H and O–H groups in total. The Morgan fingerprint density at radius 2 is 2.08 bits per heavy atom. The molecule has 0 spiro atoms. The van der Waals surface area contributed by atoms with Gasteiger partial charge in [-0.25, -0.2) is 4.79 Å². The summed E-state index contributed by atoms with van der Waals surface area (Å²) in [5.41, 5.74) is -0.584. The van der Waals surface area contributed by atoms with Crippen molar-refractivity contribution in [3.8, 4) is 0 Å². The van der Waals surface area contributed by atoms with Crippen LogP contribution in [0.1, 0.15) is 25.3 Å². The Bertz CT molecular complexity index is 729. The van der Waals surface area contributed by atoms with Crippen molar-refractivity contribution in [3.05, 3.63) is 51.7 Å². The second kappa shape index (κ2) is 6.31. The molecule has 8 nitrogen and oxygen atoms in total. The number of methoxy groups -OCH3 is 1. The lowest BCUT2D eigenvalue weighted by atomic mass is 9.71. The highest BCUT2D eigenvalue weighted by molar-refractivity contribution is 5.89. The number of hydrogen-bond donors (Lipinski definition) is 2. The summed E-state index contributed by atoms with van der Waals surface area (Å²) in [6.07, 6.45) is 1.66. The number of carbonyl (C=O) groups is 2. The van der Waals surface area contributed by atoms with E-state index in [0.717, 1.165) is 0 Å². The summed E-state index contributed by atoms with van der Waals surface area (Å²) in [6.45, 7) is 3.15. The summed E-state index contributed by atoms with van der Waals surface area (Å²) in [5, 5.41) is 23.6. The topological polar surface area (TPSA) is 119 Å². The van der Waals surface area contributed by atoms with E-state index in [1.807, 2.05) is 0 Å². The van der Waals surface area contributed by atoms with Crippen LogP contribution in [-0.2, 0) is 14.3 Å². The lowest BCUT2D eigenvalue weighted by Gasteiger charge is -2.41. The largest absolute Gasteiger partial charge is 0.481 e. The highest BCUT2D eigenvalue weighted by atomic mass is 16.6. The molecule has 0 amide bonds. The molecule has 128 valence electrons. The first-order valence-corrected chi connectivity index (χ1v) is 7.23. The number of nitrogens with one attached hydrogen (secondary N) is 1. The fourth-order valence-electron chi connectivity index (χ4n) is 3.18. The molecule has 1 aromatic rings. The van der Waals surface area contributed by atoms with E-state index in [9.17, 15) is 24.8 Å². The van der Waals surface area contributed by atoms with Crippen LogP contribution in [0, 0.1) is 16.0 Å². The van der Waals surface area contributed by atoms with Crippen molar-refractivity contribution < 1.29 is 24.4 Å². The Hall–Kier alpha value is -2.90. The van der Waals surface area contributed by atoms with Crippen molar-refractivity contribution in [1.29, 1.82) is 0 Å². The summed E-state index contributed by atoms with van der Waals surface area (Å²) < 4.78 is 4.77. The van der Waals surface area contributed by atoms with Gasteiger partial charge in [-0.05, 0) is 19.4 Å². The second-order valence-electron chi connectivity index (χ2n) is 5.86. The van der Waals surface area contributed by atoms with E-state index >= 15 is 0 Å². The maximum absolute atomic E-state index is 12.2. The number of allylic oxidation sites excluding steroid dienone is 2. The van der Waals surface area contributed by atoms with Crippen molar-refractivity contribution >= 4 is 17.6 Å². The molecule has 0 radical (unpaired) electrons. The number of nitrogens with zero attached hydrogens (tertiary/aromatic N) is 1. The Kier molecular flexibility index (Phi) is 4.59. The number of esters is 1. The molecule has 0 saturated carbocycles. The van der Waals surface area contributed by atoms with E-state index < -0.39 is 34.2 Å². The zero-order valence-electron chi connectivity index (χ0n) is 13.5. The average molecular weight is 334 g/mol. The van der Waals surface area contributed by atoms with E-state index in [0.29, 0.717) is 11.3 Å². The van der Waals surface area contributed by atoms with Gasteiger partial charge in [0.25, 0.3) is 5.69 Å². The fourth-order valence-corrected chi connectivity index (χ4v) is 3.18. The summed E-state index contributed by atoms with van der Waals surface area (Å²) in [5.74, 6) is -3.81. The third-order valence-electron chi connectivity index (χ3n) is 4.21. The first kappa shape index (κ1) is 17.5. The van der Waals surface area contributed by atoms with Crippen LogP contribution in [0.4, 0.5) is 5.69 Å². The molecule has 1 aliphatic heterocycles. The van der Waals surface area contributed by atoms with E-state index in [1.165, 1.54) is 32.2 Å². The Morgan fingerprint density at radius 1 is 1.42 bits per heavy atom. The lowest BCUT2D eigenvalue weighted by molar-refractivity contribution is -0.384. The average Bonchev–Trinajstić information content (AvgIpc) is 2.52. The van der Waals surface area contributed by atoms with Gasteiger partial charge in [-0.15, -0.1) is 0 Å². The van der Waals surface area contributed by atoms with Crippen LogP contribution in [0.5, 0.6) is 0 Å². The number of nitro groups is 1. The molecule has 1 aromatic carbocycles. The number of aliphatic carboxylic acids is 1. The number of carboxylic acids is 1. The van der Waals surface area contributed by atoms with Crippen LogP contribution < -0.4 is 5.32 Å². The van der Waals surface area contributed by atoms with Crippen molar-refractivity contribution in [3.63, 3.8) is 0 Å². The standard InChI is InChI=1S/C16H18N2O6/c1-9-7-12(10-5-4-6-11(8-10)18(22)23)13(14(19)20)16(2,17-9)15(21)24-3/h4-8,12-13,17H,1-3H3,(H,19,20). The maximum Gasteiger partial charge on any atom is 0.332 e. The van der Waals surface area contributed by atoms with Crippen LogP contribution in [0.2, 0.25) is 0 Å². The third-order valence-corrected chi connectivity index (χ3v) is 4.21. The highest BCUT2D eigenvalue weighted by Crippen LogP contribution is 2.40. The smallest absolute Gasteiger partial charge is 0.332 e. The minimum Gasteiger partial charge on any atom is -0.481 e. The fraction of sp³-hybridized carbons (Fsp3) is 0.375. The minimum absolute atomic E-state index is 0.138. The van der Waals surface area contributed by atoms with Crippen LogP contribution in [0.3, 0.4) is 0 Å². The quantitative estimate of drug-likeness (QED) is 0.489. The number of nitro benzene ring substituents is 1. The molecule has 0 fully saturated rings. The monoisotopic (exact) mass is 334 g/mol. The van der Waals surface area contributed by atoms with Gasteiger partial charge in [0.2, 0.25) is 0 Å². The van der Waals surface area contributed by atoms with Gasteiger partial charge >= 0.3 is 11.9 Å². The molecular weight excluding hydrogens is 316 g/mol. The summed E-state index contributed by atoms with van der Waals surface area (Å²) >= 11 is 0.